The van der Waals surface area contributed by atoms with Crippen LogP contribution >= 0.6 is 15.9 Å². The zero-order chi connectivity index (χ0) is 21.3. The topological polar surface area (TPSA) is 51.9 Å². The van der Waals surface area contributed by atoms with Crippen LogP contribution in [-0.2, 0) is 10.2 Å². The molecule has 2 aromatic heterocycles. The highest BCUT2D eigenvalue weighted by Gasteiger charge is 2.55. The maximum atomic E-state index is 14.3. The largest absolute Gasteiger partial charge is 0.361 e. The number of aromatic nitrogens is 2. The number of carbonyl (C=O) groups excluding carboxylic acids is 1. The van der Waals surface area contributed by atoms with Crippen molar-refractivity contribution >= 4 is 49.3 Å². The number of anilines is 1. The molecular weight excluding hydrogens is 450 g/mol. The third-order valence-corrected chi connectivity index (χ3v) is 7.16. The van der Waals surface area contributed by atoms with E-state index in [9.17, 15) is 4.79 Å². The molecular formula is C26H20BrN3O. The van der Waals surface area contributed by atoms with Gasteiger partial charge in [-0.1, -0.05) is 42.5 Å². The number of aromatic amines is 2. The quantitative estimate of drug-likeness (QED) is 0.325. The molecule has 3 aromatic carbocycles. The Kier molecular flexibility index (Phi) is 3.78. The van der Waals surface area contributed by atoms with Gasteiger partial charge < -0.3 is 14.9 Å². The Morgan fingerprint density at radius 1 is 0.839 bits per heavy atom. The Morgan fingerprint density at radius 2 is 1.39 bits per heavy atom. The molecule has 0 saturated heterocycles. The van der Waals surface area contributed by atoms with Gasteiger partial charge in [0.25, 0.3) is 0 Å². The summed E-state index contributed by atoms with van der Waals surface area (Å²) in [6.45, 7) is 2.07. The number of amides is 1. The fourth-order valence-electron chi connectivity index (χ4n) is 5.26. The lowest BCUT2D eigenvalue weighted by atomic mass is 9.69. The Hall–Kier alpha value is -3.31. The summed E-state index contributed by atoms with van der Waals surface area (Å²) in [6.07, 6.45) is 4.01. The zero-order valence-electron chi connectivity index (χ0n) is 17.2. The van der Waals surface area contributed by atoms with E-state index in [0.29, 0.717) is 0 Å². The number of carbonyl (C=O) groups is 1. The van der Waals surface area contributed by atoms with Crippen LogP contribution in [0.3, 0.4) is 0 Å². The van der Waals surface area contributed by atoms with Crippen molar-refractivity contribution in [3.63, 3.8) is 0 Å². The first kappa shape index (κ1) is 18.5. The van der Waals surface area contributed by atoms with E-state index in [0.717, 1.165) is 54.2 Å². The molecule has 6 rings (SSSR count). The second kappa shape index (κ2) is 6.34. The van der Waals surface area contributed by atoms with Crippen LogP contribution in [0.25, 0.3) is 21.8 Å². The molecule has 1 amide bonds. The van der Waals surface area contributed by atoms with Crippen molar-refractivity contribution in [2.45, 2.75) is 12.3 Å². The van der Waals surface area contributed by atoms with E-state index in [1.54, 1.807) is 4.90 Å². The molecule has 0 spiro atoms. The van der Waals surface area contributed by atoms with E-state index >= 15 is 0 Å². The molecule has 0 unspecified atom stereocenters. The van der Waals surface area contributed by atoms with Gasteiger partial charge in [-0.25, -0.2) is 0 Å². The second-order valence-corrected chi connectivity index (χ2v) is 9.11. The SMILES string of the molecule is Cc1cc(Br)c2c(c1)C(c1c[nH]c3ccccc13)(c1c[nH]c3ccccc13)C(=O)N2C. The highest BCUT2D eigenvalue weighted by molar-refractivity contribution is 9.10. The second-order valence-electron chi connectivity index (χ2n) is 8.25. The fourth-order valence-corrected chi connectivity index (χ4v) is 6.10. The maximum absolute atomic E-state index is 14.3. The molecule has 152 valence electrons. The number of nitrogens with one attached hydrogen (secondary N) is 2. The number of aryl methyl sites for hydroxylation is 1. The molecule has 2 N–H and O–H groups in total. The van der Waals surface area contributed by atoms with Crippen LogP contribution in [0.4, 0.5) is 5.69 Å². The number of fused-ring (bicyclic) bond motifs is 3. The number of hydrogen-bond acceptors (Lipinski definition) is 1. The fraction of sp³-hybridized carbons (Fsp3) is 0.115. The standard InChI is InChI=1S/C26H20BrN3O/c1-15-11-18-24(21(27)12-15)30(2)25(31)26(18,19-13-28-22-9-5-3-7-16(19)22)20-14-29-23-10-6-4-8-17(20)23/h3-14,28-29H,1-2H3. The van der Waals surface area contributed by atoms with Crippen LogP contribution in [0.15, 0.2) is 77.5 Å². The molecule has 0 bridgehead atoms. The Labute approximate surface area is 188 Å². The van der Waals surface area contributed by atoms with Crippen LogP contribution in [0.2, 0.25) is 0 Å². The van der Waals surface area contributed by atoms with Crippen molar-refractivity contribution in [1.82, 2.24) is 9.97 Å². The van der Waals surface area contributed by atoms with Crippen LogP contribution in [-0.4, -0.2) is 22.9 Å². The zero-order valence-corrected chi connectivity index (χ0v) is 18.7. The van der Waals surface area contributed by atoms with Gasteiger partial charge in [0.05, 0.1) is 5.69 Å². The van der Waals surface area contributed by atoms with Gasteiger partial charge >= 0.3 is 0 Å². The van der Waals surface area contributed by atoms with E-state index in [1.165, 1.54) is 0 Å². The molecule has 5 aromatic rings. The number of H-pyrrole nitrogens is 2. The molecule has 0 aliphatic carbocycles. The predicted octanol–water partition coefficient (Wildman–Crippen LogP) is 6.03. The number of nitrogens with zero attached hydrogens (tertiary/aromatic N) is 1. The number of benzene rings is 3. The maximum Gasteiger partial charge on any atom is 0.246 e. The van der Waals surface area contributed by atoms with Gasteiger partial charge in [-0.05, 0) is 46.6 Å². The number of rotatable bonds is 2. The lowest BCUT2D eigenvalue weighted by Gasteiger charge is -2.28. The summed E-state index contributed by atoms with van der Waals surface area (Å²) in [5.41, 5.74) is 6.06. The van der Waals surface area contributed by atoms with Crippen molar-refractivity contribution in [2.24, 2.45) is 0 Å². The molecule has 3 heterocycles. The lowest BCUT2D eigenvalue weighted by molar-refractivity contribution is -0.120. The van der Waals surface area contributed by atoms with Gasteiger partial charge in [0.15, 0.2) is 0 Å². The Morgan fingerprint density at radius 3 is 1.97 bits per heavy atom. The van der Waals surface area contributed by atoms with Gasteiger partial charge in [0, 0.05) is 62.4 Å². The minimum atomic E-state index is -0.960. The van der Waals surface area contributed by atoms with Gasteiger partial charge in [-0.3, -0.25) is 4.79 Å². The third-order valence-electron chi connectivity index (χ3n) is 6.56. The third kappa shape index (κ3) is 2.27. The molecule has 1 aliphatic heterocycles. The summed E-state index contributed by atoms with van der Waals surface area (Å²) in [7, 11) is 1.87. The monoisotopic (exact) mass is 469 g/mol. The van der Waals surface area contributed by atoms with Crippen molar-refractivity contribution in [3.8, 4) is 0 Å². The highest BCUT2D eigenvalue weighted by atomic mass is 79.9. The summed E-state index contributed by atoms with van der Waals surface area (Å²) in [5.74, 6) is 0.0447. The first-order valence-corrected chi connectivity index (χ1v) is 11.0. The molecule has 31 heavy (non-hydrogen) atoms. The van der Waals surface area contributed by atoms with Gasteiger partial charge in [-0.15, -0.1) is 0 Å². The number of para-hydroxylation sites is 2. The summed E-state index contributed by atoms with van der Waals surface area (Å²) < 4.78 is 0.930. The van der Waals surface area contributed by atoms with Crippen molar-refractivity contribution in [1.29, 1.82) is 0 Å². The van der Waals surface area contributed by atoms with Crippen LogP contribution in [0.5, 0.6) is 0 Å². The van der Waals surface area contributed by atoms with E-state index in [2.05, 4.69) is 69.2 Å². The van der Waals surface area contributed by atoms with Crippen molar-refractivity contribution in [3.05, 3.63) is 99.8 Å². The molecule has 0 saturated carbocycles. The van der Waals surface area contributed by atoms with Gasteiger partial charge in [0.2, 0.25) is 5.91 Å². The number of halogens is 1. The van der Waals surface area contributed by atoms with Crippen LogP contribution in [0, 0.1) is 6.92 Å². The van der Waals surface area contributed by atoms with E-state index in [-0.39, 0.29) is 5.91 Å². The minimum absolute atomic E-state index is 0.0447. The van der Waals surface area contributed by atoms with E-state index in [4.69, 9.17) is 0 Å². The van der Waals surface area contributed by atoms with Crippen LogP contribution in [0.1, 0.15) is 22.3 Å². The van der Waals surface area contributed by atoms with Crippen LogP contribution < -0.4 is 4.90 Å². The molecule has 5 heteroatoms. The molecule has 0 fully saturated rings. The molecule has 0 atom stereocenters. The number of hydrogen-bond donors (Lipinski definition) is 2. The molecule has 0 radical (unpaired) electrons. The first-order chi connectivity index (χ1) is 15.0. The average molecular weight is 470 g/mol. The Bertz CT molecular complexity index is 1440. The minimum Gasteiger partial charge on any atom is -0.361 e. The van der Waals surface area contributed by atoms with Gasteiger partial charge in [0.1, 0.15) is 5.41 Å². The van der Waals surface area contributed by atoms with E-state index in [1.807, 2.05) is 43.7 Å². The smallest absolute Gasteiger partial charge is 0.246 e. The van der Waals surface area contributed by atoms with Crippen molar-refractivity contribution < 1.29 is 4.79 Å². The highest BCUT2D eigenvalue weighted by Crippen LogP contribution is 2.55. The number of likely N-dealkylation sites (N-methyl/N-ethyl adjacent to an activating group) is 1. The average Bonchev–Trinajstić information content (AvgIpc) is 3.44. The van der Waals surface area contributed by atoms with Crippen molar-refractivity contribution in [2.75, 3.05) is 11.9 Å². The first-order valence-electron chi connectivity index (χ1n) is 10.3. The molecule has 4 nitrogen and oxygen atoms in total. The summed E-state index contributed by atoms with van der Waals surface area (Å²) in [5, 5.41) is 2.11. The predicted molar refractivity (Wildman–Crippen MR) is 129 cm³/mol. The normalized spacial score (nSPS) is 15.2. The van der Waals surface area contributed by atoms with Gasteiger partial charge in [-0.2, -0.15) is 0 Å². The summed E-state index contributed by atoms with van der Waals surface area (Å²) in [6, 6.07) is 20.6. The summed E-state index contributed by atoms with van der Waals surface area (Å²) >= 11 is 3.73. The Balaban J connectivity index is 1.84. The van der Waals surface area contributed by atoms with E-state index < -0.39 is 5.41 Å². The summed E-state index contributed by atoms with van der Waals surface area (Å²) in [4.78, 5) is 22.9. The molecule has 1 aliphatic rings. The lowest BCUT2D eigenvalue weighted by Crippen LogP contribution is -2.40.